The SMILES string of the molecule is CCC1CCNC(C(=O)NCC2(C(C)C)CC2)C1. The number of hydrogen-bond donors (Lipinski definition) is 2. The smallest absolute Gasteiger partial charge is 0.237 e. The minimum absolute atomic E-state index is 0.0478. The molecule has 104 valence electrons. The Morgan fingerprint density at radius 1 is 1.44 bits per heavy atom. The minimum Gasteiger partial charge on any atom is -0.354 e. The van der Waals surface area contributed by atoms with E-state index in [2.05, 4.69) is 31.4 Å². The third-order valence-electron chi connectivity index (χ3n) is 5.14. The van der Waals surface area contributed by atoms with Crippen LogP contribution in [0.1, 0.15) is 52.9 Å². The van der Waals surface area contributed by atoms with Crippen LogP contribution in [0.15, 0.2) is 0 Å². The van der Waals surface area contributed by atoms with Gasteiger partial charge in [0.05, 0.1) is 6.04 Å². The second kappa shape index (κ2) is 5.60. The number of hydrogen-bond acceptors (Lipinski definition) is 2. The Balaban J connectivity index is 1.78. The zero-order chi connectivity index (χ0) is 13.2. The molecule has 0 aromatic heterocycles. The van der Waals surface area contributed by atoms with Crippen LogP contribution in [0, 0.1) is 17.3 Å². The fraction of sp³-hybridized carbons (Fsp3) is 0.933. The van der Waals surface area contributed by atoms with Crippen LogP contribution in [0.3, 0.4) is 0 Å². The van der Waals surface area contributed by atoms with Crippen LogP contribution in [0.4, 0.5) is 0 Å². The predicted octanol–water partition coefficient (Wildman–Crippen LogP) is 2.32. The zero-order valence-corrected chi connectivity index (χ0v) is 12.1. The van der Waals surface area contributed by atoms with Crippen molar-refractivity contribution in [1.82, 2.24) is 10.6 Å². The van der Waals surface area contributed by atoms with Crippen LogP contribution in [-0.2, 0) is 4.79 Å². The maximum absolute atomic E-state index is 12.2. The van der Waals surface area contributed by atoms with Gasteiger partial charge in [0, 0.05) is 6.54 Å². The van der Waals surface area contributed by atoms with Gasteiger partial charge in [0.2, 0.25) is 5.91 Å². The van der Waals surface area contributed by atoms with Crippen molar-refractivity contribution in [2.24, 2.45) is 17.3 Å². The summed E-state index contributed by atoms with van der Waals surface area (Å²) in [6.07, 6.45) is 5.98. The average molecular weight is 252 g/mol. The molecular formula is C15H28N2O. The van der Waals surface area contributed by atoms with Crippen molar-refractivity contribution in [3.8, 4) is 0 Å². The first-order chi connectivity index (χ1) is 8.57. The molecule has 2 aliphatic rings. The Morgan fingerprint density at radius 3 is 2.72 bits per heavy atom. The molecule has 0 aromatic carbocycles. The van der Waals surface area contributed by atoms with E-state index in [0.29, 0.717) is 11.3 Å². The Kier molecular flexibility index (Phi) is 4.31. The summed E-state index contributed by atoms with van der Waals surface area (Å²) in [4.78, 5) is 12.2. The maximum atomic E-state index is 12.2. The standard InChI is InChI=1S/C15H28N2O/c1-4-12-5-8-16-13(9-12)14(18)17-10-15(6-7-15)11(2)3/h11-13,16H,4-10H2,1-3H3,(H,17,18). The normalized spacial score (nSPS) is 30.2. The van der Waals surface area contributed by atoms with Gasteiger partial charge in [-0.1, -0.05) is 27.2 Å². The lowest BCUT2D eigenvalue weighted by Crippen LogP contribution is -2.50. The van der Waals surface area contributed by atoms with Gasteiger partial charge in [-0.15, -0.1) is 0 Å². The summed E-state index contributed by atoms with van der Waals surface area (Å²) < 4.78 is 0. The first-order valence-corrected chi connectivity index (χ1v) is 7.58. The topological polar surface area (TPSA) is 41.1 Å². The Labute approximate surface area is 111 Å². The van der Waals surface area contributed by atoms with E-state index in [1.54, 1.807) is 0 Å². The molecule has 1 aliphatic carbocycles. The van der Waals surface area contributed by atoms with E-state index < -0.39 is 0 Å². The van der Waals surface area contributed by atoms with E-state index in [9.17, 15) is 4.79 Å². The van der Waals surface area contributed by atoms with Crippen LogP contribution >= 0.6 is 0 Å². The van der Waals surface area contributed by atoms with Crippen LogP contribution in [0.25, 0.3) is 0 Å². The largest absolute Gasteiger partial charge is 0.354 e. The highest BCUT2D eigenvalue weighted by Gasteiger charge is 2.45. The molecule has 1 saturated carbocycles. The quantitative estimate of drug-likeness (QED) is 0.788. The van der Waals surface area contributed by atoms with Gasteiger partial charge in [-0.25, -0.2) is 0 Å². The summed E-state index contributed by atoms with van der Waals surface area (Å²) in [6.45, 7) is 8.63. The van der Waals surface area contributed by atoms with E-state index >= 15 is 0 Å². The third-order valence-corrected chi connectivity index (χ3v) is 5.14. The molecule has 1 amide bonds. The molecule has 2 N–H and O–H groups in total. The molecule has 3 heteroatoms. The molecule has 1 saturated heterocycles. The van der Waals surface area contributed by atoms with Crippen LogP contribution < -0.4 is 10.6 Å². The highest BCUT2D eigenvalue weighted by Crippen LogP contribution is 2.51. The average Bonchev–Trinajstić information content (AvgIpc) is 3.17. The first kappa shape index (κ1) is 13.9. The van der Waals surface area contributed by atoms with Crippen molar-refractivity contribution in [3.05, 3.63) is 0 Å². The highest BCUT2D eigenvalue weighted by molar-refractivity contribution is 5.81. The molecular weight excluding hydrogens is 224 g/mol. The molecule has 2 atom stereocenters. The summed E-state index contributed by atoms with van der Waals surface area (Å²) >= 11 is 0. The van der Waals surface area contributed by atoms with Crippen molar-refractivity contribution in [3.63, 3.8) is 0 Å². The molecule has 2 unspecified atom stereocenters. The lowest BCUT2D eigenvalue weighted by Gasteiger charge is -2.30. The second-order valence-electron chi connectivity index (χ2n) is 6.54. The fourth-order valence-corrected chi connectivity index (χ4v) is 3.07. The first-order valence-electron chi connectivity index (χ1n) is 7.58. The third kappa shape index (κ3) is 3.05. The summed E-state index contributed by atoms with van der Waals surface area (Å²) in [7, 11) is 0. The Morgan fingerprint density at radius 2 is 2.17 bits per heavy atom. The fourth-order valence-electron chi connectivity index (χ4n) is 3.07. The number of carbonyl (C=O) groups is 1. The molecule has 3 nitrogen and oxygen atoms in total. The molecule has 0 radical (unpaired) electrons. The molecule has 2 rings (SSSR count). The lowest BCUT2D eigenvalue weighted by molar-refractivity contribution is -0.124. The summed E-state index contributed by atoms with van der Waals surface area (Å²) in [5.74, 6) is 1.63. The molecule has 1 heterocycles. The van der Waals surface area contributed by atoms with Gasteiger partial charge >= 0.3 is 0 Å². The number of nitrogens with one attached hydrogen (secondary N) is 2. The van der Waals surface area contributed by atoms with E-state index in [1.807, 2.05) is 0 Å². The number of carbonyl (C=O) groups excluding carboxylic acids is 1. The van der Waals surface area contributed by atoms with Crippen molar-refractivity contribution in [1.29, 1.82) is 0 Å². The monoisotopic (exact) mass is 252 g/mol. The van der Waals surface area contributed by atoms with Crippen molar-refractivity contribution >= 4 is 5.91 Å². The van der Waals surface area contributed by atoms with Crippen molar-refractivity contribution in [2.45, 2.75) is 58.9 Å². The van der Waals surface area contributed by atoms with E-state index in [4.69, 9.17) is 0 Å². The Bertz CT molecular complexity index is 297. The van der Waals surface area contributed by atoms with Gasteiger partial charge < -0.3 is 10.6 Å². The van der Waals surface area contributed by atoms with Crippen molar-refractivity contribution < 1.29 is 4.79 Å². The summed E-state index contributed by atoms with van der Waals surface area (Å²) in [6, 6.07) is 0.0478. The lowest BCUT2D eigenvalue weighted by atomic mass is 9.89. The van der Waals surface area contributed by atoms with E-state index in [-0.39, 0.29) is 11.9 Å². The van der Waals surface area contributed by atoms with E-state index in [0.717, 1.165) is 25.4 Å². The highest BCUT2D eigenvalue weighted by atomic mass is 16.2. The van der Waals surface area contributed by atoms with E-state index in [1.165, 1.54) is 25.7 Å². The van der Waals surface area contributed by atoms with Gasteiger partial charge in [-0.3, -0.25) is 4.79 Å². The number of piperidine rings is 1. The number of rotatable bonds is 5. The van der Waals surface area contributed by atoms with Crippen LogP contribution in [0.2, 0.25) is 0 Å². The minimum atomic E-state index is 0.0478. The predicted molar refractivity (Wildman–Crippen MR) is 74.3 cm³/mol. The Hall–Kier alpha value is -0.570. The van der Waals surface area contributed by atoms with Crippen LogP contribution in [-0.4, -0.2) is 25.0 Å². The molecule has 2 fully saturated rings. The molecule has 0 bridgehead atoms. The summed E-state index contributed by atoms with van der Waals surface area (Å²) in [5.41, 5.74) is 0.411. The van der Waals surface area contributed by atoms with Crippen LogP contribution in [0.5, 0.6) is 0 Å². The second-order valence-corrected chi connectivity index (χ2v) is 6.54. The molecule has 0 aromatic rings. The molecule has 18 heavy (non-hydrogen) atoms. The van der Waals surface area contributed by atoms with Gasteiger partial charge in [0.1, 0.15) is 0 Å². The maximum Gasteiger partial charge on any atom is 0.237 e. The van der Waals surface area contributed by atoms with Gasteiger partial charge in [-0.05, 0) is 49.5 Å². The number of amides is 1. The summed E-state index contributed by atoms with van der Waals surface area (Å²) in [5, 5.41) is 6.54. The van der Waals surface area contributed by atoms with Crippen molar-refractivity contribution in [2.75, 3.05) is 13.1 Å². The zero-order valence-electron chi connectivity index (χ0n) is 12.1. The van der Waals surface area contributed by atoms with Gasteiger partial charge in [-0.2, -0.15) is 0 Å². The van der Waals surface area contributed by atoms with Gasteiger partial charge in [0.15, 0.2) is 0 Å². The van der Waals surface area contributed by atoms with Gasteiger partial charge in [0.25, 0.3) is 0 Å². The molecule has 0 spiro atoms. The molecule has 1 aliphatic heterocycles.